The number of benzene rings is 4. The first-order chi connectivity index (χ1) is 18.6. The van der Waals surface area contributed by atoms with Gasteiger partial charge in [0.2, 0.25) is 0 Å². The van der Waals surface area contributed by atoms with Crippen molar-refractivity contribution in [2.75, 3.05) is 6.61 Å². The Bertz CT molecular complexity index is 1600. The van der Waals surface area contributed by atoms with E-state index >= 15 is 0 Å². The van der Waals surface area contributed by atoms with Crippen LogP contribution < -0.4 is 9.47 Å². The molecule has 0 saturated carbocycles. The van der Waals surface area contributed by atoms with E-state index in [0.717, 1.165) is 33.7 Å². The highest BCUT2D eigenvalue weighted by atomic mass is 32.2. The first-order valence-corrected chi connectivity index (χ1v) is 13.0. The summed E-state index contributed by atoms with van der Waals surface area (Å²) in [5.41, 5.74) is 2.97. The average Bonchev–Trinajstić information content (AvgIpc) is 3.20. The number of carbonyl (C=O) groups is 2. The van der Waals surface area contributed by atoms with Gasteiger partial charge in [-0.3, -0.25) is 14.5 Å². The second-order valence-corrected chi connectivity index (χ2v) is 9.60. The molecule has 1 heterocycles. The lowest BCUT2D eigenvalue weighted by Gasteiger charge is -2.14. The Morgan fingerprint density at radius 1 is 0.895 bits per heavy atom. The smallest absolute Gasteiger partial charge is 0.293 e. The molecule has 1 aliphatic heterocycles. The first kappa shape index (κ1) is 25.1. The van der Waals surface area contributed by atoms with Crippen LogP contribution in [-0.2, 0) is 17.9 Å². The molecule has 0 aliphatic carbocycles. The number of ether oxygens (including phenoxy) is 2. The molecule has 0 unspecified atom stereocenters. The van der Waals surface area contributed by atoms with Crippen LogP contribution in [0.3, 0.4) is 0 Å². The van der Waals surface area contributed by atoms with Crippen molar-refractivity contribution in [3.63, 3.8) is 0 Å². The van der Waals surface area contributed by atoms with Crippen molar-refractivity contribution < 1.29 is 19.1 Å². The highest BCUT2D eigenvalue weighted by Crippen LogP contribution is 2.36. The summed E-state index contributed by atoms with van der Waals surface area (Å²) in [5, 5.41) is 11.1. The zero-order valence-electron chi connectivity index (χ0n) is 20.7. The summed E-state index contributed by atoms with van der Waals surface area (Å²) in [4.78, 5) is 27.6. The number of thioether (sulfide) groups is 1. The topological polar surface area (TPSA) is 79.6 Å². The number of nitriles is 1. The maximum atomic E-state index is 13.2. The minimum atomic E-state index is -0.320. The van der Waals surface area contributed by atoms with E-state index in [4.69, 9.17) is 9.47 Å². The zero-order valence-corrected chi connectivity index (χ0v) is 21.5. The van der Waals surface area contributed by atoms with Crippen molar-refractivity contribution in [2.24, 2.45) is 0 Å². The molecule has 6 nitrogen and oxygen atoms in total. The van der Waals surface area contributed by atoms with E-state index in [1.54, 1.807) is 24.3 Å². The number of amides is 2. The molecule has 5 rings (SSSR count). The summed E-state index contributed by atoms with van der Waals surface area (Å²) in [7, 11) is 0. The molecule has 38 heavy (non-hydrogen) atoms. The van der Waals surface area contributed by atoms with Gasteiger partial charge in [0.25, 0.3) is 11.1 Å². The van der Waals surface area contributed by atoms with Gasteiger partial charge in [-0.25, -0.2) is 0 Å². The molecule has 0 atom stereocenters. The van der Waals surface area contributed by atoms with Crippen LogP contribution in [0.5, 0.6) is 11.5 Å². The number of carbonyl (C=O) groups excluding carboxylic acids is 2. The van der Waals surface area contributed by atoms with Crippen molar-refractivity contribution in [3.05, 3.63) is 112 Å². The van der Waals surface area contributed by atoms with Gasteiger partial charge in [-0.05, 0) is 64.9 Å². The summed E-state index contributed by atoms with van der Waals surface area (Å²) < 4.78 is 11.8. The van der Waals surface area contributed by atoms with Crippen LogP contribution >= 0.6 is 11.8 Å². The van der Waals surface area contributed by atoms with Crippen molar-refractivity contribution in [2.45, 2.75) is 20.1 Å². The number of nitrogens with zero attached hydrogens (tertiary/aromatic N) is 2. The summed E-state index contributed by atoms with van der Waals surface area (Å²) in [6.45, 7) is 2.73. The van der Waals surface area contributed by atoms with Crippen LogP contribution in [0.15, 0.2) is 89.8 Å². The monoisotopic (exact) mass is 520 g/mol. The van der Waals surface area contributed by atoms with Gasteiger partial charge in [0, 0.05) is 5.56 Å². The Morgan fingerprint density at radius 3 is 2.50 bits per heavy atom. The molecule has 0 N–H and O–H groups in total. The van der Waals surface area contributed by atoms with E-state index in [0.29, 0.717) is 34.1 Å². The quantitative estimate of drug-likeness (QED) is 0.235. The largest absolute Gasteiger partial charge is 0.490 e. The van der Waals surface area contributed by atoms with Crippen LogP contribution in [0.2, 0.25) is 0 Å². The molecule has 0 radical (unpaired) electrons. The minimum absolute atomic E-state index is 0.213. The minimum Gasteiger partial charge on any atom is -0.490 e. The van der Waals surface area contributed by atoms with E-state index in [1.807, 2.05) is 73.7 Å². The predicted molar refractivity (Wildman–Crippen MR) is 149 cm³/mol. The number of rotatable bonds is 8. The summed E-state index contributed by atoms with van der Waals surface area (Å²) in [5.74, 6) is 0.728. The molecule has 4 aromatic carbocycles. The number of imide groups is 1. The highest BCUT2D eigenvalue weighted by Gasteiger charge is 2.35. The van der Waals surface area contributed by atoms with Gasteiger partial charge in [0.05, 0.1) is 29.7 Å². The molecule has 1 saturated heterocycles. The average molecular weight is 521 g/mol. The summed E-state index contributed by atoms with van der Waals surface area (Å²) in [6, 6.07) is 28.6. The third kappa shape index (κ3) is 5.26. The van der Waals surface area contributed by atoms with E-state index < -0.39 is 0 Å². The molecular weight excluding hydrogens is 496 g/mol. The zero-order chi connectivity index (χ0) is 26.5. The number of fused-ring (bicyclic) bond motifs is 1. The fourth-order valence-corrected chi connectivity index (χ4v) is 5.14. The molecule has 2 amide bonds. The van der Waals surface area contributed by atoms with E-state index in [9.17, 15) is 14.9 Å². The van der Waals surface area contributed by atoms with Crippen molar-refractivity contribution >= 4 is 39.8 Å². The lowest BCUT2D eigenvalue weighted by Crippen LogP contribution is -2.27. The maximum absolute atomic E-state index is 13.2. The van der Waals surface area contributed by atoms with Crippen LogP contribution in [0.25, 0.3) is 16.8 Å². The Labute approximate surface area is 225 Å². The second-order valence-electron chi connectivity index (χ2n) is 8.60. The molecule has 0 bridgehead atoms. The second kappa shape index (κ2) is 11.2. The standard InChI is InChI=1S/C31H24N2O4S/c1-2-36-28-16-21(14-15-27(28)37-20-25-10-4-3-9-23(25)18-32)17-29-30(34)33(31(35)38-29)19-24-12-7-11-22-8-5-6-13-26(22)24/h3-17H,2,19-20H2,1H3/b29-17-. The number of hydrogen-bond acceptors (Lipinski definition) is 6. The van der Waals surface area contributed by atoms with Gasteiger partial charge in [-0.15, -0.1) is 0 Å². The fraction of sp³-hybridized carbons (Fsp3) is 0.129. The maximum Gasteiger partial charge on any atom is 0.293 e. The molecule has 1 aliphatic rings. The Kier molecular flexibility index (Phi) is 7.43. The van der Waals surface area contributed by atoms with Crippen molar-refractivity contribution in [1.29, 1.82) is 5.26 Å². The molecular formula is C31H24N2O4S. The third-order valence-electron chi connectivity index (χ3n) is 6.17. The van der Waals surface area contributed by atoms with Gasteiger partial charge in [-0.2, -0.15) is 5.26 Å². The SMILES string of the molecule is CCOc1cc(/C=C2\SC(=O)N(Cc3cccc4ccccc34)C2=O)ccc1OCc1ccccc1C#N. The number of hydrogen-bond donors (Lipinski definition) is 0. The van der Waals surface area contributed by atoms with Crippen LogP contribution in [0.4, 0.5) is 4.79 Å². The van der Waals surface area contributed by atoms with Gasteiger partial charge in [0.1, 0.15) is 6.61 Å². The molecule has 4 aromatic rings. The molecule has 1 fully saturated rings. The van der Waals surface area contributed by atoms with Crippen molar-refractivity contribution in [3.8, 4) is 17.6 Å². The first-order valence-electron chi connectivity index (χ1n) is 12.2. The molecule has 0 aromatic heterocycles. The van der Waals surface area contributed by atoms with Crippen LogP contribution in [-0.4, -0.2) is 22.7 Å². The van der Waals surface area contributed by atoms with Gasteiger partial charge < -0.3 is 9.47 Å². The van der Waals surface area contributed by atoms with E-state index in [-0.39, 0.29) is 24.3 Å². The molecule has 0 spiro atoms. The normalized spacial score (nSPS) is 14.2. The Morgan fingerprint density at radius 2 is 1.66 bits per heavy atom. The van der Waals surface area contributed by atoms with Gasteiger partial charge in [0.15, 0.2) is 11.5 Å². The van der Waals surface area contributed by atoms with Gasteiger partial charge in [-0.1, -0.05) is 66.7 Å². The third-order valence-corrected chi connectivity index (χ3v) is 7.08. The van der Waals surface area contributed by atoms with Crippen molar-refractivity contribution in [1.82, 2.24) is 4.90 Å². The fourth-order valence-electron chi connectivity index (χ4n) is 4.30. The highest BCUT2D eigenvalue weighted by molar-refractivity contribution is 8.18. The van der Waals surface area contributed by atoms with Crippen LogP contribution in [0.1, 0.15) is 29.2 Å². The van der Waals surface area contributed by atoms with Crippen LogP contribution in [0, 0.1) is 11.3 Å². The lowest BCUT2D eigenvalue weighted by atomic mass is 10.0. The summed E-state index contributed by atoms with van der Waals surface area (Å²) >= 11 is 0.932. The molecule has 188 valence electrons. The van der Waals surface area contributed by atoms with Gasteiger partial charge >= 0.3 is 0 Å². The van der Waals surface area contributed by atoms with E-state index in [2.05, 4.69) is 6.07 Å². The summed E-state index contributed by atoms with van der Waals surface area (Å²) in [6.07, 6.45) is 1.70. The molecule has 7 heteroatoms. The van der Waals surface area contributed by atoms with E-state index in [1.165, 1.54) is 4.90 Å². The Hall–Kier alpha value is -4.54. The Balaban J connectivity index is 1.35. The predicted octanol–water partition coefficient (Wildman–Crippen LogP) is 6.93. The lowest BCUT2D eigenvalue weighted by molar-refractivity contribution is -0.123.